The molecule has 0 saturated carbocycles. The third kappa shape index (κ3) is 2.06. The van der Waals surface area contributed by atoms with Crippen LogP contribution in [0.2, 0.25) is 5.15 Å². The predicted octanol–water partition coefficient (Wildman–Crippen LogP) is 0.858. The van der Waals surface area contributed by atoms with E-state index in [2.05, 4.69) is 15.5 Å². The molecular formula is C7H10ClN3O. The van der Waals surface area contributed by atoms with Gasteiger partial charge in [0.25, 0.3) is 0 Å². The van der Waals surface area contributed by atoms with E-state index in [4.69, 9.17) is 16.3 Å². The number of nitrogens with zero attached hydrogens (tertiary/aromatic N) is 2. The second kappa shape index (κ2) is 4.23. The summed E-state index contributed by atoms with van der Waals surface area (Å²) in [5.41, 5.74) is 0.903. The smallest absolute Gasteiger partial charge is 0.237 e. The molecule has 0 aliphatic rings. The number of ether oxygens (including phenoxy) is 1. The molecule has 1 aromatic heterocycles. The highest BCUT2D eigenvalue weighted by molar-refractivity contribution is 6.29. The van der Waals surface area contributed by atoms with Gasteiger partial charge in [-0.3, -0.25) is 0 Å². The molecule has 0 spiro atoms. The summed E-state index contributed by atoms with van der Waals surface area (Å²) >= 11 is 5.65. The van der Waals surface area contributed by atoms with E-state index in [0.29, 0.717) is 17.6 Å². The lowest BCUT2D eigenvalue weighted by atomic mass is 10.3. The van der Waals surface area contributed by atoms with Gasteiger partial charge in [0, 0.05) is 12.1 Å². The number of nitrogens with one attached hydrogen (secondary N) is 1. The second-order valence-corrected chi connectivity index (χ2v) is 2.62. The zero-order valence-corrected chi connectivity index (χ0v) is 7.72. The molecule has 0 atom stereocenters. The van der Waals surface area contributed by atoms with Crippen LogP contribution in [0.4, 0.5) is 0 Å². The van der Waals surface area contributed by atoms with Gasteiger partial charge in [0.2, 0.25) is 5.88 Å². The Balaban J connectivity index is 2.95. The molecule has 1 N–H and O–H groups in total. The van der Waals surface area contributed by atoms with Gasteiger partial charge in [0.15, 0.2) is 5.15 Å². The van der Waals surface area contributed by atoms with Gasteiger partial charge in [0.05, 0.1) is 7.11 Å². The van der Waals surface area contributed by atoms with Crippen LogP contribution in [0.15, 0.2) is 6.07 Å². The Morgan fingerprint density at radius 2 is 2.33 bits per heavy atom. The maximum absolute atomic E-state index is 5.65. The van der Waals surface area contributed by atoms with Crippen LogP contribution in [-0.2, 0) is 6.54 Å². The minimum absolute atomic E-state index is 0.376. The van der Waals surface area contributed by atoms with Crippen LogP contribution in [0.1, 0.15) is 5.56 Å². The van der Waals surface area contributed by atoms with Crippen molar-refractivity contribution < 1.29 is 4.74 Å². The molecule has 4 nitrogen and oxygen atoms in total. The number of halogens is 1. The van der Waals surface area contributed by atoms with Crippen LogP contribution >= 0.6 is 11.6 Å². The Bertz CT molecular complexity index is 267. The third-order valence-corrected chi connectivity index (χ3v) is 1.55. The number of rotatable bonds is 3. The zero-order chi connectivity index (χ0) is 8.97. The Morgan fingerprint density at radius 3 is 2.92 bits per heavy atom. The van der Waals surface area contributed by atoms with E-state index < -0.39 is 0 Å². The van der Waals surface area contributed by atoms with E-state index in [0.717, 1.165) is 5.56 Å². The van der Waals surface area contributed by atoms with Gasteiger partial charge in [-0.15, -0.1) is 10.2 Å². The molecule has 66 valence electrons. The van der Waals surface area contributed by atoms with Gasteiger partial charge in [-0.1, -0.05) is 11.6 Å². The molecule has 0 amide bonds. The summed E-state index contributed by atoms with van der Waals surface area (Å²) in [6.45, 7) is 0.665. The van der Waals surface area contributed by atoms with Gasteiger partial charge in [-0.25, -0.2) is 0 Å². The lowest BCUT2D eigenvalue weighted by Crippen LogP contribution is -2.08. The van der Waals surface area contributed by atoms with Crippen LogP contribution in [0, 0.1) is 0 Å². The molecule has 0 bridgehead atoms. The van der Waals surface area contributed by atoms with Crippen molar-refractivity contribution in [2.75, 3.05) is 14.2 Å². The lowest BCUT2D eigenvalue weighted by Gasteiger charge is -2.04. The van der Waals surface area contributed by atoms with E-state index in [1.54, 1.807) is 13.2 Å². The maximum atomic E-state index is 5.65. The predicted molar refractivity (Wildman–Crippen MR) is 46.4 cm³/mol. The summed E-state index contributed by atoms with van der Waals surface area (Å²) in [7, 11) is 3.39. The third-order valence-electron chi connectivity index (χ3n) is 1.36. The highest BCUT2D eigenvalue weighted by atomic mass is 35.5. The van der Waals surface area contributed by atoms with E-state index in [1.807, 2.05) is 7.05 Å². The number of methoxy groups -OCH3 is 1. The van der Waals surface area contributed by atoms with Crippen molar-refractivity contribution in [2.45, 2.75) is 6.54 Å². The Hall–Kier alpha value is -0.870. The SMILES string of the molecule is CNCc1cc(Cl)nnc1OC. The fourth-order valence-corrected chi connectivity index (χ4v) is 1.05. The molecule has 0 fully saturated rings. The minimum Gasteiger partial charge on any atom is -0.480 e. The molecule has 0 aromatic carbocycles. The van der Waals surface area contributed by atoms with Crippen LogP contribution in [0.25, 0.3) is 0 Å². The molecule has 0 aliphatic heterocycles. The average molecular weight is 188 g/mol. The van der Waals surface area contributed by atoms with Crippen molar-refractivity contribution in [3.63, 3.8) is 0 Å². The van der Waals surface area contributed by atoms with Crippen molar-refractivity contribution in [1.29, 1.82) is 0 Å². The molecule has 0 saturated heterocycles. The van der Waals surface area contributed by atoms with Crippen molar-refractivity contribution in [1.82, 2.24) is 15.5 Å². The van der Waals surface area contributed by atoms with Crippen LogP contribution in [-0.4, -0.2) is 24.4 Å². The highest BCUT2D eigenvalue weighted by Crippen LogP contribution is 2.16. The molecule has 1 rings (SSSR count). The van der Waals surface area contributed by atoms with Gasteiger partial charge >= 0.3 is 0 Å². The van der Waals surface area contributed by atoms with Crippen molar-refractivity contribution in [3.05, 3.63) is 16.8 Å². The number of hydrogen-bond acceptors (Lipinski definition) is 4. The largest absolute Gasteiger partial charge is 0.480 e. The quantitative estimate of drug-likeness (QED) is 0.763. The van der Waals surface area contributed by atoms with Crippen molar-refractivity contribution in [2.24, 2.45) is 0 Å². The van der Waals surface area contributed by atoms with Crippen molar-refractivity contribution in [3.8, 4) is 5.88 Å². The molecule has 5 heteroatoms. The van der Waals surface area contributed by atoms with Gasteiger partial charge < -0.3 is 10.1 Å². The topological polar surface area (TPSA) is 47.0 Å². The number of hydrogen-bond donors (Lipinski definition) is 1. The average Bonchev–Trinajstić information content (AvgIpc) is 2.05. The molecular weight excluding hydrogens is 178 g/mol. The van der Waals surface area contributed by atoms with Crippen LogP contribution in [0.5, 0.6) is 5.88 Å². The summed E-state index contributed by atoms with van der Waals surface area (Å²) in [5.74, 6) is 0.508. The minimum atomic E-state index is 0.376. The van der Waals surface area contributed by atoms with E-state index in [1.165, 1.54) is 0 Å². The molecule has 12 heavy (non-hydrogen) atoms. The monoisotopic (exact) mass is 187 g/mol. The first-order valence-corrected chi connectivity index (χ1v) is 3.86. The fourth-order valence-electron chi connectivity index (χ4n) is 0.881. The molecule has 1 heterocycles. The van der Waals surface area contributed by atoms with E-state index in [-0.39, 0.29) is 0 Å². The standard InChI is InChI=1S/C7H10ClN3O/c1-9-4-5-3-6(8)10-11-7(5)12-2/h3,9H,4H2,1-2H3. The van der Waals surface area contributed by atoms with Crippen LogP contribution < -0.4 is 10.1 Å². The first kappa shape index (κ1) is 9.22. The summed E-state index contributed by atoms with van der Waals surface area (Å²) < 4.78 is 4.98. The molecule has 1 aromatic rings. The zero-order valence-electron chi connectivity index (χ0n) is 6.97. The van der Waals surface area contributed by atoms with E-state index in [9.17, 15) is 0 Å². The highest BCUT2D eigenvalue weighted by Gasteiger charge is 2.04. The Morgan fingerprint density at radius 1 is 1.58 bits per heavy atom. The molecule has 0 radical (unpaired) electrons. The Kier molecular flexibility index (Phi) is 3.25. The fraction of sp³-hybridized carbons (Fsp3) is 0.429. The van der Waals surface area contributed by atoms with Crippen LogP contribution in [0.3, 0.4) is 0 Å². The summed E-state index contributed by atoms with van der Waals surface area (Å²) in [6, 6.07) is 1.73. The second-order valence-electron chi connectivity index (χ2n) is 2.23. The number of aromatic nitrogens is 2. The molecule has 0 unspecified atom stereocenters. The lowest BCUT2D eigenvalue weighted by molar-refractivity contribution is 0.385. The first-order valence-electron chi connectivity index (χ1n) is 3.48. The summed E-state index contributed by atoms with van der Waals surface area (Å²) in [5, 5.41) is 10.8. The Labute approximate surface area is 75.9 Å². The molecule has 0 aliphatic carbocycles. The van der Waals surface area contributed by atoms with Gasteiger partial charge in [-0.2, -0.15) is 0 Å². The van der Waals surface area contributed by atoms with Crippen molar-refractivity contribution >= 4 is 11.6 Å². The van der Waals surface area contributed by atoms with E-state index >= 15 is 0 Å². The normalized spacial score (nSPS) is 9.92. The summed E-state index contributed by atoms with van der Waals surface area (Å²) in [6.07, 6.45) is 0. The van der Waals surface area contributed by atoms with Gasteiger partial charge in [-0.05, 0) is 13.1 Å². The summed E-state index contributed by atoms with van der Waals surface area (Å²) in [4.78, 5) is 0. The first-order chi connectivity index (χ1) is 5.77. The van der Waals surface area contributed by atoms with Gasteiger partial charge in [0.1, 0.15) is 0 Å². The maximum Gasteiger partial charge on any atom is 0.237 e.